The molecule has 3 rings (SSSR count). The molecule has 0 aliphatic carbocycles. The van der Waals surface area contributed by atoms with Crippen LogP contribution in [0.1, 0.15) is 40.0 Å². The molecular weight excluding hydrogens is 390 g/mol. The van der Waals surface area contributed by atoms with E-state index in [0.29, 0.717) is 10.9 Å². The minimum Gasteiger partial charge on any atom is -0.351 e. The van der Waals surface area contributed by atoms with Crippen LogP contribution in [0.4, 0.5) is 0 Å². The predicted octanol–water partition coefficient (Wildman–Crippen LogP) is 2.34. The largest absolute Gasteiger partial charge is 0.351 e. The molecule has 0 saturated carbocycles. The van der Waals surface area contributed by atoms with Gasteiger partial charge in [0.25, 0.3) is 0 Å². The minimum absolute atomic E-state index is 0.0140. The Hall–Kier alpha value is -2.35. The number of carbonyl (C=O) groups is 2. The number of piperidine rings is 1. The number of fused-ring (bicyclic) bond motifs is 1. The maximum absolute atomic E-state index is 13.0. The first-order chi connectivity index (χ1) is 13.6. The van der Waals surface area contributed by atoms with Gasteiger partial charge in [-0.3, -0.25) is 9.59 Å². The highest BCUT2D eigenvalue weighted by Crippen LogP contribution is 2.27. The lowest BCUT2D eigenvalue weighted by Gasteiger charge is -2.27. The number of nitrogens with one attached hydrogen (secondary N) is 1. The molecular formula is C21H29N3O4S. The highest BCUT2D eigenvalue weighted by atomic mass is 32.2. The molecule has 2 heterocycles. The Balaban J connectivity index is 1.89. The van der Waals surface area contributed by atoms with E-state index in [9.17, 15) is 18.0 Å². The molecule has 0 atom stereocenters. The van der Waals surface area contributed by atoms with Crippen molar-refractivity contribution in [1.82, 2.24) is 14.8 Å². The summed E-state index contributed by atoms with van der Waals surface area (Å²) in [5.74, 6) is -1.18. The van der Waals surface area contributed by atoms with Crippen molar-refractivity contribution in [2.75, 3.05) is 18.8 Å². The number of likely N-dealkylation sites (tertiary alicyclic amines) is 1. The number of rotatable bonds is 5. The molecule has 2 amide bonds. The van der Waals surface area contributed by atoms with E-state index in [1.54, 1.807) is 43.5 Å². The fourth-order valence-corrected chi connectivity index (χ4v) is 5.05. The van der Waals surface area contributed by atoms with Crippen LogP contribution in [-0.4, -0.2) is 54.1 Å². The van der Waals surface area contributed by atoms with Crippen LogP contribution in [0.25, 0.3) is 10.9 Å². The summed E-state index contributed by atoms with van der Waals surface area (Å²) in [6.45, 7) is 6.98. The van der Waals surface area contributed by atoms with Crippen molar-refractivity contribution in [2.24, 2.45) is 0 Å². The second-order valence-corrected chi connectivity index (χ2v) is 10.6. The lowest BCUT2D eigenvalue weighted by molar-refractivity contribution is -0.132. The number of nitrogens with zero attached hydrogens (tertiary/aromatic N) is 2. The third-order valence-electron chi connectivity index (χ3n) is 4.94. The Bertz CT molecular complexity index is 1010. The second kappa shape index (κ2) is 8.18. The molecule has 2 aromatic rings. The smallest absolute Gasteiger partial charge is 0.242 e. The molecule has 0 spiro atoms. The van der Waals surface area contributed by atoms with Crippen LogP contribution < -0.4 is 5.32 Å². The summed E-state index contributed by atoms with van der Waals surface area (Å²) in [6, 6.07) is 7.08. The van der Waals surface area contributed by atoms with Gasteiger partial charge in [0.15, 0.2) is 9.84 Å². The molecule has 158 valence electrons. The summed E-state index contributed by atoms with van der Waals surface area (Å²) in [5, 5.41) is 3.22. The van der Waals surface area contributed by atoms with Gasteiger partial charge in [-0.05, 0) is 46.1 Å². The van der Waals surface area contributed by atoms with E-state index in [2.05, 4.69) is 5.32 Å². The number of amides is 2. The van der Waals surface area contributed by atoms with Crippen LogP contribution in [0.2, 0.25) is 0 Å². The van der Waals surface area contributed by atoms with Crippen molar-refractivity contribution in [3.63, 3.8) is 0 Å². The molecule has 1 saturated heterocycles. The van der Waals surface area contributed by atoms with Crippen LogP contribution in [0.3, 0.4) is 0 Å². The van der Waals surface area contributed by atoms with Crippen LogP contribution in [0.15, 0.2) is 35.4 Å². The number of sulfone groups is 1. The topological polar surface area (TPSA) is 88.5 Å². The molecule has 0 unspecified atom stereocenters. The van der Waals surface area contributed by atoms with Crippen LogP contribution in [0.5, 0.6) is 0 Å². The normalized spacial score (nSPS) is 15.5. The summed E-state index contributed by atoms with van der Waals surface area (Å²) in [7, 11) is -3.86. The van der Waals surface area contributed by atoms with Gasteiger partial charge in [-0.15, -0.1) is 0 Å². The van der Waals surface area contributed by atoms with Crippen LogP contribution in [-0.2, 0) is 26.0 Å². The zero-order valence-electron chi connectivity index (χ0n) is 17.3. The Morgan fingerprint density at radius 2 is 1.72 bits per heavy atom. The van der Waals surface area contributed by atoms with Crippen molar-refractivity contribution in [2.45, 2.75) is 57.0 Å². The van der Waals surface area contributed by atoms with Crippen LogP contribution in [0, 0.1) is 0 Å². The molecule has 1 aromatic heterocycles. The van der Waals surface area contributed by atoms with E-state index in [1.807, 2.05) is 11.0 Å². The summed E-state index contributed by atoms with van der Waals surface area (Å²) >= 11 is 0. The number of hydrogen-bond acceptors (Lipinski definition) is 4. The first-order valence-electron chi connectivity index (χ1n) is 9.96. The molecule has 1 N–H and O–H groups in total. The van der Waals surface area contributed by atoms with Crippen molar-refractivity contribution < 1.29 is 18.0 Å². The van der Waals surface area contributed by atoms with Gasteiger partial charge in [-0.1, -0.05) is 18.2 Å². The van der Waals surface area contributed by atoms with Crippen molar-refractivity contribution in [1.29, 1.82) is 0 Å². The maximum atomic E-state index is 13.0. The number of hydrogen-bond donors (Lipinski definition) is 1. The summed E-state index contributed by atoms with van der Waals surface area (Å²) in [6.07, 6.45) is 4.63. The summed E-state index contributed by atoms with van der Waals surface area (Å²) in [4.78, 5) is 26.8. The number of aromatic nitrogens is 1. The number of para-hydroxylation sites is 1. The van der Waals surface area contributed by atoms with Gasteiger partial charge >= 0.3 is 0 Å². The zero-order valence-corrected chi connectivity index (χ0v) is 18.1. The molecule has 1 aliphatic heterocycles. The van der Waals surface area contributed by atoms with Gasteiger partial charge in [0.1, 0.15) is 12.3 Å². The van der Waals surface area contributed by atoms with E-state index in [-0.39, 0.29) is 17.3 Å². The lowest BCUT2D eigenvalue weighted by Crippen LogP contribution is -2.43. The second-order valence-electron chi connectivity index (χ2n) is 8.64. The quantitative estimate of drug-likeness (QED) is 0.806. The van der Waals surface area contributed by atoms with Gasteiger partial charge in [0, 0.05) is 35.7 Å². The highest BCUT2D eigenvalue weighted by molar-refractivity contribution is 7.92. The van der Waals surface area contributed by atoms with Gasteiger partial charge < -0.3 is 14.8 Å². The molecule has 1 aliphatic rings. The molecule has 0 bridgehead atoms. The fourth-order valence-electron chi connectivity index (χ4n) is 3.69. The Kier molecular flexibility index (Phi) is 6.03. The van der Waals surface area contributed by atoms with E-state index < -0.39 is 27.0 Å². The maximum Gasteiger partial charge on any atom is 0.242 e. The van der Waals surface area contributed by atoms with Gasteiger partial charge in [-0.2, -0.15) is 0 Å². The van der Waals surface area contributed by atoms with E-state index >= 15 is 0 Å². The third kappa shape index (κ3) is 5.18. The Labute approximate surface area is 172 Å². The first kappa shape index (κ1) is 21.4. The Morgan fingerprint density at radius 1 is 1.07 bits per heavy atom. The monoisotopic (exact) mass is 419 g/mol. The van der Waals surface area contributed by atoms with Crippen molar-refractivity contribution in [3.05, 3.63) is 30.5 Å². The van der Waals surface area contributed by atoms with Gasteiger partial charge in [0.05, 0.1) is 4.90 Å². The third-order valence-corrected chi connectivity index (χ3v) is 6.57. The average Bonchev–Trinajstić information content (AvgIpc) is 3.00. The van der Waals surface area contributed by atoms with Gasteiger partial charge in [-0.25, -0.2) is 8.42 Å². The molecule has 29 heavy (non-hydrogen) atoms. The SMILES string of the molecule is CC(C)(C)NC(=O)CS(=O)(=O)c1cn(CC(=O)N2CCCCC2)c2ccccc12. The summed E-state index contributed by atoms with van der Waals surface area (Å²) in [5.41, 5.74) is 0.161. The van der Waals surface area contributed by atoms with E-state index in [0.717, 1.165) is 32.4 Å². The predicted molar refractivity (Wildman–Crippen MR) is 112 cm³/mol. The molecule has 7 nitrogen and oxygen atoms in total. The van der Waals surface area contributed by atoms with Gasteiger partial charge in [0.2, 0.25) is 11.8 Å². The minimum atomic E-state index is -3.86. The fraction of sp³-hybridized carbons (Fsp3) is 0.524. The van der Waals surface area contributed by atoms with Crippen molar-refractivity contribution >= 4 is 32.6 Å². The van der Waals surface area contributed by atoms with E-state index in [4.69, 9.17) is 0 Å². The number of benzene rings is 1. The average molecular weight is 420 g/mol. The standard InChI is InChI=1S/C21H29N3O4S/c1-21(2,3)22-19(25)15-29(27,28)18-13-24(17-10-6-5-9-16(17)18)14-20(26)23-11-7-4-8-12-23/h5-6,9-10,13H,4,7-8,11-12,14-15H2,1-3H3,(H,22,25). The lowest BCUT2D eigenvalue weighted by atomic mass is 10.1. The molecule has 8 heteroatoms. The number of carbonyl (C=O) groups excluding carboxylic acids is 2. The summed E-state index contributed by atoms with van der Waals surface area (Å²) < 4.78 is 27.6. The Morgan fingerprint density at radius 3 is 2.38 bits per heavy atom. The first-order valence-corrected chi connectivity index (χ1v) is 11.6. The highest BCUT2D eigenvalue weighted by Gasteiger charge is 2.27. The zero-order chi connectivity index (χ0) is 21.2. The molecule has 1 fully saturated rings. The van der Waals surface area contributed by atoms with Crippen LogP contribution >= 0.6 is 0 Å². The van der Waals surface area contributed by atoms with E-state index in [1.165, 1.54) is 6.20 Å². The molecule has 0 radical (unpaired) electrons. The molecule has 1 aromatic carbocycles. The van der Waals surface area contributed by atoms with Crippen molar-refractivity contribution in [3.8, 4) is 0 Å².